The number of hydrogen-bond donors (Lipinski definition) is 1. The van der Waals surface area contributed by atoms with Gasteiger partial charge in [0.2, 0.25) is 0 Å². The van der Waals surface area contributed by atoms with E-state index >= 15 is 0 Å². The van der Waals surface area contributed by atoms with Crippen LogP contribution < -0.4 is 5.32 Å². The maximum absolute atomic E-state index is 6.20. The molecule has 1 aromatic heterocycles. The molecule has 0 bridgehead atoms. The molecule has 2 aromatic rings. The number of halogens is 1. The van der Waals surface area contributed by atoms with E-state index in [9.17, 15) is 0 Å². The Kier molecular flexibility index (Phi) is 3.61. The van der Waals surface area contributed by atoms with E-state index in [1.807, 2.05) is 12.1 Å². The molecule has 0 amide bonds. The second kappa shape index (κ2) is 5.38. The van der Waals surface area contributed by atoms with Crippen LogP contribution in [0.1, 0.15) is 32.6 Å². The largest absolute Gasteiger partial charge is 0.382 e. The lowest BCUT2D eigenvalue weighted by molar-refractivity contribution is 0.361. The van der Waals surface area contributed by atoms with Gasteiger partial charge in [0.25, 0.3) is 0 Å². The van der Waals surface area contributed by atoms with Gasteiger partial charge in [0.1, 0.15) is 0 Å². The van der Waals surface area contributed by atoms with Crippen LogP contribution in [0.25, 0.3) is 10.9 Å². The van der Waals surface area contributed by atoms with Gasteiger partial charge in [-0.25, -0.2) is 0 Å². The molecule has 0 spiro atoms. The SMILES string of the molecule is CC1CCC(Nc2ccc(Cl)c3ncccc23)CC1. The number of anilines is 1. The van der Waals surface area contributed by atoms with E-state index in [2.05, 4.69) is 29.4 Å². The Bertz CT molecular complexity index is 574. The predicted octanol–water partition coefficient (Wildman–Crippen LogP) is 4.88. The maximum atomic E-state index is 6.20. The van der Waals surface area contributed by atoms with Crippen molar-refractivity contribution in [2.45, 2.75) is 38.6 Å². The third-order valence-corrected chi connectivity index (χ3v) is 4.40. The number of nitrogens with one attached hydrogen (secondary N) is 1. The highest BCUT2D eigenvalue weighted by Gasteiger charge is 2.18. The van der Waals surface area contributed by atoms with Gasteiger partial charge in [0.15, 0.2) is 0 Å². The van der Waals surface area contributed by atoms with E-state index in [-0.39, 0.29) is 0 Å². The lowest BCUT2D eigenvalue weighted by Gasteiger charge is -2.28. The van der Waals surface area contributed by atoms with Crippen LogP contribution in [0.3, 0.4) is 0 Å². The Morgan fingerprint density at radius 2 is 1.95 bits per heavy atom. The molecule has 3 heteroatoms. The molecule has 1 saturated carbocycles. The van der Waals surface area contributed by atoms with Gasteiger partial charge in [-0.1, -0.05) is 18.5 Å². The fraction of sp³-hybridized carbons (Fsp3) is 0.438. The Morgan fingerprint density at radius 3 is 2.74 bits per heavy atom. The third kappa shape index (κ3) is 2.69. The number of benzene rings is 1. The number of hydrogen-bond acceptors (Lipinski definition) is 2. The highest BCUT2D eigenvalue weighted by atomic mass is 35.5. The number of aromatic nitrogens is 1. The first-order valence-electron chi connectivity index (χ1n) is 7.04. The van der Waals surface area contributed by atoms with Crippen molar-refractivity contribution in [1.82, 2.24) is 4.98 Å². The standard InChI is InChI=1S/C16H19ClN2/c1-11-4-6-12(7-5-11)19-15-9-8-14(17)16-13(15)3-2-10-18-16/h2-3,8-12,19H,4-7H2,1H3. The van der Waals surface area contributed by atoms with Gasteiger partial charge in [0, 0.05) is 23.3 Å². The highest BCUT2D eigenvalue weighted by Crippen LogP contribution is 2.31. The number of rotatable bonds is 2. The van der Waals surface area contributed by atoms with E-state index in [1.54, 1.807) is 6.20 Å². The molecule has 1 aliphatic carbocycles. The van der Waals surface area contributed by atoms with Crippen molar-refractivity contribution in [1.29, 1.82) is 0 Å². The minimum absolute atomic E-state index is 0.584. The summed E-state index contributed by atoms with van der Waals surface area (Å²) in [5.74, 6) is 0.877. The van der Waals surface area contributed by atoms with Gasteiger partial charge < -0.3 is 5.32 Å². The van der Waals surface area contributed by atoms with E-state index in [4.69, 9.17) is 11.6 Å². The molecule has 1 N–H and O–H groups in total. The summed E-state index contributed by atoms with van der Waals surface area (Å²) in [4.78, 5) is 4.37. The lowest BCUT2D eigenvalue weighted by atomic mass is 9.87. The third-order valence-electron chi connectivity index (χ3n) is 4.10. The van der Waals surface area contributed by atoms with Gasteiger partial charge in [-0.2, -0.15) is 0 Å². The summed E-state index contributed by atoms with van der Waals surface area (Å²) >= 11 is 6.20. The minimum Gasteiger partial charge on any atom is -0.382 e. The minimum atomic E-state index is 0.584. The van der Waals surface area contributed by atoms with Crippen LogP contribution in [0, 0.1) is 5.92 Å². The molecule has 1 fully saturated rings. The Labute approximate surface area is 119 Å². The topological polar surface area (TPSA) is 24.9 Å². The van der Waals surface area contributed by atoms with Crippen molar-refractivity contribution < 1.29 is 0 Å². The van der Waals surface area contributed by atoms with Crippen molar-refractivity contribution in [3.05, 3.63) is 35.5 Å². The van der Waals surface area contributed by atoms with Gasteiger partial charge in [-0.15, -0.1) is 0 Å². The van der Waals surface area contributed by atoms with Gasteiger partial charge in [0.05, 0.1) is 10.5 Å². The fourth-order valence-electron chi connectivity index (χ4n) is 2.89. The van der Waals surface area contributed by atoms with Crippen molar-refractivity contribution in [3.8, 4) is 0 Å². The number of nitrogens with zero attached hydrogens (tertiary/aromatic N) is 1. The predicted molar refractivity (Wildman–Crippen MR) is 81.8 cm³/mol. The smallest absolute Gasteiger partial charge is 0.0908 e. The van der Waals surface area contributed by atoms with Gasteiger partial charge >= 0.3 is 0 Å². The maximum Gasteiger partial charge on any atom is 0.0908 e. The molecule has 1 aromatic carbocycles. The van der Waals surface area contributed by atoms with Gasteiger partial charge in [-0.3, -0.25) is 4.98 Å². The number of fused-ring (bicyclic) bond motifs is 1. The van der Waals surface area contributed by atoms with E-state index in [1.165, 1.54) is 25.7 Å². The zero-order valence-corrected chi connectivity index (χ0v) is 12.0. The van der Waals surface area contributed by atoms with Crippen LogP contribution >= 0.6 is 11.6 Å². The Hall–Kier alpha value is -1.28. The van der Waals surface area contributed by atoms with Crippen LogP contribution in [-0.4, -0.2) is 11.0 Å². The molecule has 19 heavy (non-hydrogen) atoms. The summed E-state index contributed by atoms with van der Waals surface area (Å²) in [7, 11) is 0. The average molecular weight is 275 g/mol. The summed E-state index contributed by atoms with van der Waals surface area (Å²) in [6.07, 6.45) is 6.94. The molecule has 100 valence electrons. The first-order chi connectivity index (χ1) is 9.24. The van der Waals surface area contributed by atoms with Crippen LogP contribution in [0.5, 0.6) is 0 Å². The zero-order valence-electron chi connectivity index (χ0n) is 11.2. The molecule has 3 rings (SSSR count). The molecule has 2 nitrogen and oxygen atoms in total. The van der Waals surface area contributed by atoms with Crippen LogP contribution in [-0.2, 0) is 0 Å². The second-order valence-corrected chi connectivity index (χ2v) is 6.00. The molecule has 0 radical (unpaired) electrons. The first kappa shape index (κ1) is 12.7. The van der Waals surface area contributed by atoms with Crippen LogP contribution in [0.15, 0.2) is 30.5 Å². The van der Waals surface area contributed by atoms with Crippen LogP contribution in [0.4, 0.5) is 5.69 Å². The van der Waals surface area contributed by atoms with Crippen molar-refractivity contribution >= 4 is 28.2 Å². The van der Waals surface area contributed by atoms with Crippen LogP contribution in [0.2, 0.25) is 5.02 Å². The monoisotopic (exact) mass is 274 g/mol. The molecule has 0 atom stereocenters. The van der Waals surface area contributed by atoms with E-state index in [0.717, 1.165) is 27.5 Å². The van der Waals surface area contributed by atoms with Crippen molar-refractivity contribution in [3.63, 3.8) is 0 Å². The molecular formula is C16H19ClN2. The molecule has 0 unspecified atom stereocenters. The highest BCUT2D eigenvalue weighted by molar-refractivity contribution is 6.35. The van der Waals surface area contributed by atoms with Crippen molar-refractivity contribution in [2.75, 3.05) is 5.32 Å². The second-order valence-electron chi connectivity index (χ2n) is 5.60. The summed E-state index contributed by atoms with van der Waals surface area (Å²) < 4.78 is 0. The lowest BCUT2D eigenvalue weighted by Crippen LogP contribution is -2.25. The first-order valence-corrected chi connectivity index (χ1v) is 7.41. The molecule has 1 heterocycles. The molecule has 0 aliphatic heterocycles. The summed E-state index contributed by atoms with van der Waals surface area (Å²) in [6, 6.07) is 8.64. The molecular weight excluding hydrogens is 256 g/mol. The van der Waals surface area contributed by atoms with Crippen molar-refractivity contribution in [2.24, 2.45) is 5.92 Å². The molecule has 0 saturated heterocycles. The van der Waals surface area contributed by atoms with E-state index in [0.29, 0.717) is 6.04 Å². The summed E-state index contributed by atoms with van der Waals surface area (Å²) in [6.45, 7) is 2.35. The van der Waals surface area contributed by atoms with Gasteiger partial charge in [-0.05, 0) is 55.9 Å². The normalized spacial score (nSPS) is 23.5. The number of pyridine rings is 1. The Morgan fingerprint density at radius 1 is 1.16 bits per heavy atom. The fourth-order valence-corrected chi connectivity index (χ4v) is 3.10. The Balaban J connectivity index is 1.87. The summed E-state index contributed by atoms with van der Waals surface area (Å²) in [5.41, 5.74) is 2.05. The zero-order chi connectivity index (χ0) is 13.2. The average Bonchev–Trinajstić information content (AvgIpc) is 2.45. The van der Waals surface area contributed by atoms with E-state index < -0.39 is 0 Å². The quantitative estimate of drug-likeness (QED) is 0.844. The summed E-state index contributed by atoms with van der Waals surface area (Å²) in [5, 5.41) is 5.51. The molecule has 1 aliphatic rings.